The highest BCUT2D eigenvalue weighted by Crippen LogP contribution is 2.27. The van der Waals surface area contributed by atoms with Crippen molar-refractivity contribution >= 4 is 33.5 Å². The first-order valence-corrected chi connectivity index (χ1v) is 7.30. The van der Waals surface area contributed by atoms with Crippen LogP contribution in [-0.4, -0.2) is 16.5 Å². The quantitative estimate of drug-likeness (QED) is 0.794. The topological polar surface area (TPSA) is 30.0 Å². The maximum atomic E-state index is 11.8. The fourth-order valence-corrected chi connectivity index (χ4v) is 3.01. The molecular weight excluding hydrogens is 286 g/mol. The monoisotopic (exact) mass is 299 g/mol. The maximum Gasteiger partial charge on any atom is 0.146 e. The molecule has 0 aromatic carbocycles. The van der Waals surface area contributed by atoms with E-state index >= 15 is 0 Å². The molecule has 0 bridgehead atoms. The lowest BCUT2D eigenvalue weighted by Crippen LogP contribution is -2.12. The molecular formula is C12H14BrNOS. The van der Waals surface area contributed by atoms with Crippen LogP contribution >= 0.6 is 27.7 Å². The molecule has 1 aliphatic carbocycles. The van der Waals surface area contributed by atoms with Gasteiger partial charge in [0.15, 0.2) is 0 Å². The van der Waals surface area contributed by atoms with E-state index in [2.05, 4.69) is 20.9 Å². The van der Waals surface area contributed by atoms with Crippen molar-refractivity contribution in [3.05, 3.63) is 22.8 Å². The normalized spacial score (nSPS) is 16.6. The number of carbonyl (C=O) groups excluding carboxylic acids is 1. The smallest absolute Gasteiger partial charge is 0.146 e. The number of halogens is 1. The van der Waals surface area contributed by atoms with E-state index in [1.165, 1.54) is 12.8 Å². The number of thioether (sulfide) groups is 1. The number of Topliss-reactive ketones (excluding diaryl/α,β-unsaturated/α-hetero) is 1. The van der Waals surface area contributed by atoms with E-state index in [-0.39, 0.29) is 0 Å². The van der Waals surface area contributed by atoms with Gasteiger partial charge in [0, 0.05) is 16.6 Å². The van der Waals surface area contributed by atoms with Crippen LogP contribution in [0.15, 0.2) is 27.8 Å². The van der Waals surface area contributed by atoms with E-state index in [4.69, 9.17) is 0 Å². The molecule has 1 saturated carbocycles. The van der Waals surface area contributed by atoms with Crippen molar-refractivity contribution in [2.24, 2.45) is 5.92 Å². The van der Waals surface area contributed by atoms with Gasteiger partial charge in [-0.1, -0.05) is 24.6 Å². The zero-order chi connectivity index (χ0) is 11.4. The molecule has 1 heterocycles. The second-order valence-electron chi connectivity index (χ2n) is 4.05. The molecule has 0 unspecified atom stereocenters. The maximum absolute atomic E-state index is 11.8. The van der Waals surface area contributed by atoms with Crippen LogP contribution in [0, 0.1) is 5.92 Å². The van der Waals surface area contributed by atoms with Crippen LogP contribution in [0.1, 0.15) is 25.7 Å². The summed E-state index contributed by atoms with van der Waals surface area (Å²) in [5.74, 6) is 1.29. The molecule has 1 fully saturated rings. The lowest BCUT2D eigenvalue weighted by molar-refractivity contribution is -0.120. The molecule has 0 radical (unpaired) electrons. The summed E-state index contributed by atoms with van der Waals surface area (Å²) in [5, 5.41) is 0.926. The highest BCUT2D eigenvalue weighted by atomic mass is 79.9. The van der Waals surface area contributed by atoms with E-state index in [0.717, 1.165) is 22.3 Å². The summed E-state index contributed by atoms with van der Waals surface area (Å²) in [6, 6.07) is 3.89. The van der Waals surface area contributed by atoms with Crippen LogP contribution in [0.4, 0.5) is 0 Å². The molecule has 16 heavy (non-hydrogen) atoms. The molecule has 1 aliphatic rings. The van der Waals surface area contributed by atoms with E-state index in [1.807, 2.05) is 12.1 Å². The third-order valence-corrected chi connectivity index (χ3v) is 4.31. The molecule has 4 heteroatoms. The number of carbonyl (C=O) groups is 1. The zero-order valence-corrected chi connectivity index (χ0v) is 11.4. The Labute approximate surface area is 108 Å². The summed E-state index contributed by atoms with van der Waals surface area (Å²) in [6.07, 6.45) is 6.39. The van der Waals surface area contributed by atoms with Crippen molar-refractivity contribution in [2.45, 2.75) is 30.7 Å². The first-order valence-electron chi connectivity index (χ1n) is 5.53. The van der Waals surface area contributed by atoms with Crippen molar-refractivity contribution in [1.82, 2.24) is 4.98 Å². The molecule has 0 saturated heterocycles. The largest absolute Gasteiger partial charge is 0.298 e. The van der Waals surface area contributed by atoms with Gasteiger partial charge in [-0.2, -0.15) is 0 Å². The molecule has 0 aliphatic heterocycles. The van der Waals surface area contributed by atoms with Gasteiger partial charge in [-0.05, 0) is 40.9 Å². The Kier molecular flexibility index (Phi) is 4.41. The van der Waals surface area contributed by atoms with E-state index in [0.29, 0.717) is 17.5 Å². The van der Waals surface area contributed by atoms with Crippen molar-refractivity contribution in [2.75, 3.05) is 5.75 Å². The Morgan fingerprint density at radius 1 is 1.44 bits per heavy atom. The van der Waals surface area contributed by atoms with Gasteiger partial charge in [0.2, 0.25) is 0 Å². The minimum Gasteiger partial charge on any atom is -0.298 e. The first kappa shape index (κ1) is 12.1. The Morgan fingerprint density at radius 3 is 2.81 bits per heavy atom. The van der Waals surface area contributed by atoms with Crippen molar-refractivity contribution in [3.63, 3.8) is 0 Å². The SMILES string of the molecule is O=C(CSc1ccc(Br)cn1)C1CCCC1. The van der Waals surface area contributed by atoms with Gasteiger partial charge in [0.1, 0.15) is 5.78 Å². The minimum atomic E-state index is 0.322. The second-order valence-corrected chi connectivity index (χ2v) is 5.96. The summed E-state index contributed by atoms with van der Waals surface area (Å²) < 4.78 is 0.971. The van der Waals surface area contributed by atoms with Crippen LogP contribution in [0.5, 0.6) is 0 Å². The predicted molar refractivity (Wildman–Crippen MR) is 69.6 cm³/mol. The lowest BCUT2D eigenvalue weighted by Gasteiger charge is -2.06. The molecule has 0 amide bonds. The fraction of sp³-hybridized carbons (Fsp3) is 0.500. The van der Waals surface area contributed by atoms with Crippen LogP contribution in [0.3, 0.4) is 0 Å². The minimum absolute atomic E-state index is 0.322. The molecule has 0 spiro atoms. The van der Waals surface area contributed by atoms with Crippen LogP contribution in [0.25, 0.3) is 0 Å². The number of ketones is 1. The zero-order valence-electron chi connectivity index (χ0n) is 8.99. The Balaban J connectivity index is 1.82. The van der Waals surface area contributed by atoms with E-state index in [9.17, 15) is 4.79 Å². The molecule has 1 aromatic rings. The molecule has 0 atom stereocenters. The van der Waals surface area contributed by atoms with Crippen molar-refractivity contribution < 1.29 is 4.79 Å². The number of nitrogens with zero attached hydrogens (tertiary/aromatic N) is 1. The summed E-state index contributed by atoms with van der Waals surface area (Å²) in [4.78, 5) is 16.1. The van der Waals surface area contributed by atoms with Gasteiger partial charge >= 0.3 is 0 Å². The number of hydrogen-bond donors (Lipinski definition) is 0. The van der Waals surface area contributed by atoms with Crippen LogP contribution < -0.4 is 0 Å². The van der Waals surface area contributed by atoms with Gasteiger partial charge in [-0.25, -0.2) is 4.98 Å². The van der Waals surface area contributed by atoms with Gasteiger partial charge in [-0.15, -0.1) is 0 Å². The average Bonchev–Trinajstić information content (AvgIpc) is 2.81. The van der Waals surface area contributed by atoms with E-state index in [1.54, 1.807) is 18.0 Å². The van der Waals surface area contributed by atoms with Crippen molar-refractivity contribution in [1.29, 1.82) is 0 Å². The third kappa shape index (κ3) is 3.32. The van der Waals surface area contributed by atoms with Gasteiger partial charge < -0.3 is 0 Å². The summed E-state index contributed by atoms with van der Waals surface area (Å²) in [6.45, 7) is 0. The van der Waals surface area contributed by atoms with Gasteiger partial charge in [0.05, 0.1) is 10.8 Å². The lowest BCUT2D eigenvalue weighted by atomic mass is 10.0. The number of rotatable bonds is 4. The second kappa shape index (κ2) is 5.82. The summed E-state index contributed by atoms with van der Waals surface area (Å²) >= 11 is 4.88. The van der Waals surface area contributed by atoms with Crippen LogP contribution in [-0.2, 0) is 4.79 Å². The number of pyridine rings is 1. The molecule has 86 valence electrons. The fourth-order valence-electron chi connectivity index (χ4n) is 1.96. The van der Waals surface area contributed by atoms with E-state index < -0.39 is 0 Å². The van der Waals surface area contributed by atoms with Crippen molar-refractivity contribution in [3.8, 4) is 0 Å². The van der Waals surface area contributed by atoms with Gasteiger partial charge in [0.25, 0.3) is 0 Å². The van der Waals surface area contributed by atoms with Crippen LogP contribution in [0.2, 0.25) is 0 Å². The highest BCUT2D eigenvalue weighted by molar-refractivity contribution is 9.10. The molecule has 2 nitrogen and oxygen atoms in total. The molecule has 1 aromatic heterocycles. The molecule has 0 N–H and O–H groups in total. The Morgan fingerprint density at radius 2 is 2.19 bits per heavy atom. The standard InChI is InChI=1S/C12H14BrNOS/c13-10-5-6-12(14-7-10)16-8-11(15)9-3-1-2-4-9/h5-7,9H,1-4,8H2. The summed E-state index contributed by atoms with van der Waals surface area (Å²) in [7, 11) is 0. The third-order valence-electron chi connectivity index (χ3n) is 2.87. The number of aromatic nitrogens is 1. The predicted octanol–water partition coefficient (Wildman–Crippen LogP) is 3.70. The average molecular weight is 300 g/mol. The first-order chi connectivity index (χ1) is 7.75. The highest BCUT2D eigenvalue weighted by Gasteiger charge is 2.22. The molecule has 2 rings (SSSR count). The Hall–Kier alpha value is -0.350. The van der Waals surface area contributed by atoms with Gasteiger partial charge in [-0.3, -0.25) is 4.79 Å². The number of hydrogen-bond acceptors (Lipinski definition) is 3. The Bertz CT molecular complexity index is 360. The summed E-state index contributed by atoms with van der Waals surface area (Å²) in [5.41, 5.74) is 0.